The molecular formula is C17H29N3. The van der Waals surface area contributed by atoms with Crippen LogP contribution in [0.2, 0.25) is 0 Å². The van der Waals surface area contributed by atoms with E-state index >= 15 is 0 Å². The molecule has 3 heteroatoms. The van der Waals surface area contributed by atoms with E-state index in [1.54, 1.807) is 0 Å². The molecule has 0 saturated carbocycles. The summed E-state index contributed by atoms with van der Waals surface area (Å²) in [5.74, 6) is 0. The van der Waals surface area contributed by atoms with Gasteiger partial charge < -0.3 is 10.2 Å². The van der Waals surface area contributed by atoms with E-state index in [2.05, 4.69) is 55.0 Å². The molecule has 1 aliphatic heterocycles. The Morgan fingerprint density at radius 3 is 2.80 bits per heavy atom. The molecule has 1 unspecified atom stereocenters. The molecule has 2 rings (SSSR count). The third-order valence-electron chi connectivity index (χ3n) is 4.18. The first-order valence-electron chi connectivity index (χ1n) is 7.96. The van der Waals surface area contributed by atoms with Crippen LogP contribution in [0.4, 0.5) is 5.69 Å². The van der Waals surface area contributed by atoms with Crippen LogP contribution < -0.4 is 10.2 Å². The molecule has 1 saturated heterocycles. The monoisotopic (exact) mass is 275 g/mol. The number of hydrogen-bond donors (Lipinski definition) is 1. The van der Waals surface area contributed by atoms with Crippen LogP contribution >= 0.6 is 0 Å². The number of nitrogens with zero attached hydrogens (tertiary/aromatic N) is 2. The zero-order valence-electron chi connectivity index (χ0n) is 13.4. The molecule has 0 amide bonds. The molecule has 112 valence electrons. The van der Waals surface area contributed by atoms with Crippen LogP contribution in [-0.2, 0) is 0 Å². The molecule has 0 aliphatic carbocycles. The molecule has 1 atom stereocenters. The lowest BCUT2D eigenvalue weighted by Gasteiger charge is -2.39. The Morgan fingerprint density at radius 1 is 1.40 bits per heavy atom. The van der Waals surface area contributed by atoms with Gasteiger partial charge in [0.05, 0.1) is 17.6 Å². The molecule has 0 aromatic carbocycles. The summed E-state index contributed by atoms with van der Waals surface area (Å²) in [5, 5.41) is 3.48. The first-order valence-corrected chi connectivity index (χ1v) is 7.96. The van der Waals surface area contributed by atoms with E-state index in [-0.39, 0.29) is 0 Å². The maximum atomic E-state index is 4.65. The number of rotatable bonds is 5. The highest BCUT2D eigenvalue weighted by Crippen LogP contribution is 2.31. The SMILES string of the molecule is CCCNC(C)c1ccc(N2CCCC(C)(C)C2)cn1. The topological polar surface area (TPSA) is 28.2 Å². The average molecular weight is 275 g/mol. The number of hydrogen-bond acceptors (Lipinski definition) is 3. The molecule has 1 aromatic rings. The number of aromatic nitrogens is 1. The number of pyridine rings is 1. The second-order valence-electron chi connectivity index (χ2n) is 6.81. The van der Waals surface area contributed by atoms with Gasteiger partial charge in [0.2, 0.25) is 0 Å². The summed E-state index contributed by atoms with van der Waals surface area (Å²) >= 11 is 0. The van der Waals surface area contributed by atoms with Crippen molar-refractivity contribution in [1.82, 2.24) is 10.3 Å². The third kappa shape index (κ3) is 3.95. The van der Waals surface area contributed by atoms with E-state index in [4.69, 9.17) is 0 Å². The van der Waals surface area contributed by atoms with Crippen molar-refractivity contribution in [3.63, 3.8) is 0 Å². The quantitative estimate of drug-likeness (QED) is 0.886. The standard InChI is InChI=1S/C17H29N3/c1-5-10-18-14(2)16-8-7-15(12-19-16)20-11-6-9-17(3,4)13-20/h7-8,12,14,18H,5-6,9-11,13H2,1-4H3. The van der Waals surface area contributed by atoms with Crippen LogP contribution in [0.5, 0.6) is 0 Å². The molecular weight excluding hydrogens is 246 g/mol. The van der Waals surface area contributed by atoms with Crippen molar-refractivity contribution in [3.05, 3.63) is 24.0 Å². The van der Waals surface area contributed by atoms with Gasteiger partial charge in [-0.15, -0.1) is 0 Å². The van der Waals surface area contributed by atoms with Crippen molar-refractivity contribution in [2.45, 2.75) is 53.0 Å². The summed E-state index contributed by atoms with van der Waals surface area (Å²) in [6.07, 6.45) is 5.81. The van der Waals surface area contributed by atoms with E-state index in [1.165, 1.54) is 18.5 Å². The first kappa shape index (κ1) is 15.3. The molecule has 1 aliphatic rings. The molecule has 3 nitrogen and oxygen atoms in total. The second kappa shape index (κ2) is 6.57. The van der Waals surface area contributed by atoms with Gasteiger partial charge in [-0.1, -0.05) is 20.8 Å². The second-order valence-corrected chi connectivity index (χ2v) is 6.81. The third-order valence-corrected chi connectivity index (χ3v) is 4.18. The predicted octanol–water partition coefficient (Wildman–Crippen LogP) is 3.77. The molecule has 1 N–H and O–H groups in total. The minimum Gasteiger partial charge on any atom is -0.370 e. The zero-order chi connectivity index (χ0) is 14.6. The van der Waals surface area contributed by atoms with Crippen molar-refractivity contribution in [1.29, 1.82) is 0 Å². The summed E-state index contributed by atoms with van der Waals surface area (Å²) < 4.78 is 0. The van der Waals surface area contributed by atoms with E-state index in [0.717, 1.165) is 31.7 Å². The van der Waals surface area contributed by atoms with Crippen molar-refractivity contribution >= 4 is 5.69 Å². The minimum absolute atomic E-state index is 0.335. The molecule has 2 heterocycles. The molecule has 1 fully saturated rings. The molecule has 20 heavy (non-hydrogen) atoms. The van der Waals surface area contributed by atoms with Crippen molar-refractivity contribution < 1.29 is 0 Å². The molecule has 0 bridgehead atoms. The molecule has 1 aromatic heterocycles. The Balaban J connectivity index is 2.00. The predicted molar refractivity (Wildman–Crippen MR) is 86.2 cm³/mol. The van der Waals surface area contributed by atoms with Gasteiger partial charge in [-0.2, -0.15) is 0 Å². The van der Waals surface area contributed by atoms with Crippen molar-refractivity contribution in [3.8, 4) is 0 Å². The van der Waals surface area contributed by atoms with Crippen LogP contribution in [0.15, 0.2) is 18.3 Å². The van der Waals surface area contributed by atoms with E-state index in [9.17, 15) is 0 Å². The average Bonchev–Trinajstić information content (AvgIpc) is 2.44. The highest BCUT2D eigenvalue weighted by molar-refractivity contribution is 5.45. The van der Waals surface area contributed by atoms with E-state index in [0.29, 0.717) is 11.5 Å². The summed E-state index contributed by atoms with van der Waals surface area (Å²) in [4.78, 5) is 7.13. The van der Waals surface area contributed by atoms with E-state index in [1.807, 2.05) is 6.20 Å². The van der Waals surface area contributed by atoms with Crippen LogP contribution in [0, 0.1) is 5.41 Å². The number of nitrogens with one attached hydrogen (secondary N) is 1. The Labute approximate surface area is 123 Å². The minimum atomic E-state index is 0.335. The van der Waals surface area contributed by atoms with Gasteiger partial charge in [0.25, 0.3) is 0 Å². The van der Waals surface area contributed by atoms with Gasteiger partial charge in [-0.3, -0.25) is 4.98 Å². The Kier molecular flexibility index (Phi) is 5.03. The van der Waals surface area contributed by atoms with Crippen LogP contribution in [0.25, 0.3) is 0 Å². The molecule has 0 spiro atoms. The van der Waals surface area contributed by atoms with Crippen LogP contribution in [0.1, 0.15) is 58.7 Å². The highest BCUT2D eigenvalue weighted by atomic mass is 15.1. The largest absolute Gasteiger partial charge is 0.370 e. The zero-order valence-corrected chi connectivity index (χ0v) is 13.4. The van der Waals surface area contributed by atoms with Gasteiger partial charge in [-0.25, -0.2) is 0 Å². The maximum absolute atomic E-state index is 4.65. The van der Waals surface area contributed by atoms with Crippen LogP contribution in [-0.4, -0.2) is 24.6 Å². The smallest absolute Gasteiger partial charge is 0.0572 e. The van der Waals surface area contributed by atoms with Gasteiger partial charge in [0.1, 0.15) is 0 Å². The Hall–Kier alpha value is -1.09. The highest BCUT2D eigenvalue weighted by Gasteiger charge is 2.26. The molecule has 0 radical (unpaired) electrons. The van der Waals surface area contributed by atoms with Gasteiger partial charge in [0.15, 0.2) is 0 Å². The first-order chi connectivity index (χ1) is 9.52. The summed E-state index contributed by atoms with van der Waals surface area (Å²) in [6, 6.07) is 4.74. The summed E-state index contributed by atoms with van der Waals surface area (Å²) in [7, 11) is 0. The van der Waals surface area contributed by atoms with Gasteiger partial charge in [-0.05, 0) is 50.3 Å². The maximum Gasteiger partial charge on any atom is 0.0572 e. The normalized spacial score (nSPS) is 19.9. The fraction of sp³-hybridized carbons (Fsp3) is 0.706. The summed E-state index contributed by atoms with van der Waals surface area (Å²) in [6.45, 7) is 12.4. The Morgan fingerprint density at radius 2 is 2.20 bits per heavy atom. The van der Waals surface area contributed by atoms with Gasteiger partial charge in [0, 0.05) is 19.1 Å². The number of piperidine rings is 1. The summed E-state index contributed by atoms with van der Waals surface area (Å²) in [5.41, 5.74) is 2.83. The van der Waals surface area contributed by atoms with Crippen molar-refractivity contribution in [2.24, 2.45) is 5.41 Å². The lowest BCUT2D eigenvalue weighted by atomic mass is 9.84. The van der Waals surface area contributed by atoms with Crippen molar-refractivity contribution in [2.75, 3.05) is 24.5 Å². The van der Waals surface area contributed by atoms with Gasteiger partial charge >= 0.3 is 0 Å². The lowest BCUT2D eigenvalue weighted by Crippen LogP contribution is -2.40. The fourth-order valence-electron chi connectivity index (χ4n) is 2.95. The lowest BCUT2D eigenvalue weighted by molar-refractivity contribution is 0.293. The Bertz CT molecular complexity index is 411. The fourth-order valence-corrected chi connectivity index (χ4v) is 2.95. The van der Waals surface area contributed by atoms with Crippen LogP contribution in [0.3, 0.4) is 0 Å². The van der Waals surface area contributed by atoms with E-state index < -0.39 is 0 Å². The number of anilines is 1.